The van der Waals surface area contributed by atoms with Gasteiger partial charge < -0.3 is 10.6 Å². The number of nitriles is 1. The van der Waals surface area contributed by atoms with Gasteiger partial charge in [-0.1, -0.05) is 56.4 Å². The van der Waals surface area contributed by atoms with E-state index in [1.165, 1.54) is 16.1 Å². The number of allylic oxidation sites excluding steroid dienone is 5. The van der Waals surface area contributed by atoms with Crippen molar-refractivity contribution in [3.05, 3.63) is 88.7 Å². The average Bonchev–Trinajstić information content (AvgIpc) is 3.27. The topological polar surface area (TPSA) is 65.4 Å². The molecule has 0 spiro atoms. The molecule has 4 nitrogen and oxygen atoms in total. The fourth-order valence-electron chi connectivity index (χ4n) is 3.86. The second-order valence-corrected chi connectivity index (χ2v) is 9.92. The lowest BCUT2D eigenvalue weighted by molar-refractivity contribution is 0.507. The Balaban J connectivity index is 2.36. The Hall–Kier alpha value is -2.81. The lowest BCUT2D eigenvalue weighted by Gasteiger charge is -2.16. The van der Waals surface area contributed by atoms with Crippen LogP contribution in [0.25, 0.3) is 5.57 Å². The molecule has 0 fully saturated rings. The van der Waals surface area contributed by atoms with Crippen LogP contribution < -0.4 is 5.73 Å². The van der Waals surface area contributed by atoms with Crippen LogP contribution >= 0.6 is 11.8 Å². The van der Waals surface area contributed by atoms with E-state index in [1.54, 1.807) is 6.08 Å². The highest BCUT2D eigenvalue weighted by Gasteiger charge is 2.29. The van der Waals surface area contributed by atoms with E-state index in [9.17, 15) is 5.26 Å². The number of benzene rings is 1. The summed E-state index contributed by atoms with van der Waals surface area (Å²) in [6.07, 6.45) is 12.7. The summed E-state index contributed by atoms with van der Waals surface area (Å²) < 4.78 is 0. The van der Waals surface area contributed by atoms with E-state index >= 15 is 0 Å². The molecule has 34 heavy (non-hydrogen) atoms. The Kier molecular flexibility index (Phi) is 11.1. The molecule has 1 aromatic rings. The number of nitrogens with zero attached hydrogens (tertiary/aromatic N) is 3. The van der Waals surface area contributed by atoms with Gasteiger partial charge >= 0.3 is 0 Å². The van der Waals surface area contributed by atoms with Gasteiger partial charge in [-0.3, -0.25) is 0 Å². The lowest BCUT2D eigenvalue weighted by atomic mass is 9.94. The smallest absolute Gasteiger partial charge is 0.127 e. The Bertz CT molecular complexity index is 1020. The van der Waals surface area contributed by atoms with E-state index in [4.69, 9.17) is 10.7 Å². The molecule has 2 atom stereocenters. The summed E-state index contributed by atoms with van der Waals surface area (Å²) in [5.74, 6) is 0.837. The van der Waals surface area contributed by atoms with Crippen LogP contribution in [0.5, 0.6) is 0 Å². The number of aliphatic imine (C=N–C) groups is 1. The van der Waals surface area contributed by atoms with Gasteiger partial charge in [-0.2, -0.15) is 5.26 Å². The molecule has 2 rings (SSSR count). The maximum Gasteiger partial charge on any atom is 0.127 e. The zero-order valence-electron chi connectivity index (χ0n) is 21.1. The Morgan fingerprint density at radius 3 is 2.59 bits per heavy atom. The molecule has 2 N–H and O–H groups in total. The molecule has 0 bridgehead atoms. The fourth-order valence-corrected chi connectivity index (χ4v) is 5.33. The van der Waals surface area contributed by atoms with Crippen LogP contribution in [0.3, 0.4) is 0 Å². The summed E-state index contributed by atoms with van der Waals surface area (Å²) in [5.41, 5.74) is 11.7. The molecular weight excluding hydrogens is 436 g/mol. The summed E-state index contributed by atoms with van der Waals surface area (Å²) in [7, 11) is 3.94. The first-order chi connectivity index (χ1) is 16.3. The van der Waals surface area contributed by atoms with Crippen LogP contribution in [0, 0.1) is 11.3 Å². The zero-order valence-corrected chi connectivity index (χ0v) is 21.9. The molecule has 1 aliphatic heterocycles. The quantitative estimate of drug-likeness (QED) is 0.204. The van der Waals surface area contributed by atoms with Crippen LogP contribution in [-0.2, 0) is 0 Å². The van der Waals surface area contributed by atoms with Crippen molar-refractivity contribution >= 4 is 23.5 Å². The third-order valence-corrected chi connectivity index (χ3v) is 7.37. The number of rotatable bonds is 12. The van der Waals surface area contributed by atoms with Crippen LogP contribution in [0.1, 0.15) is 57.1 Å². The normalized spacial score (nSPS) is 17.7. The molecule has 1 aliphatic rings. The first kappa shape index (κ1) is 27.4. The molecule has 0 aliphatic carbocycles. The number of hydrogen-bond acceptors (Lipinski definition) is 5. The standard InChI is InChI=1S/C29H38N4S/c1-7-10-25(31)17-12-21(4)27-18-26(24-15-13-22(19-30)14-16-24)29(34-27)23(9-3)20-32-28(11-8-2)33(5)6/h8-9,11,13-16,20,25,27H,2,4,7,10,12,17-18,31H2,1,3,5-6H3/b23-9+,28-11-,32-20+. The van der Waals surface area contributed by atoms with Crippen LogP contribution in [0.15, 0.2) is 82.5 Å². The molecule has 0 radical (unpaired) electrons. The monoisotopic (exact) mass is 474 g/mol. The second-order valence-electron chi connectivity index (χ2n) is 8.71. The zero-order chi connectivity index (χ0) is 25.1. The van der Waals surface area contributed by atoms with Gasteiger partial charge in [0.2, 0.25) is 0 Å². The van der Waals surface area contributed by atoms with Gasteiger partial charge in [0, 0.05) is 42.1 Å². The second kappa shape index (κ2) is 13.8. The van der Waals surface area contributed by atoms with Crippen molar-refractivity contribution in [1.29, 1.82) is 5.26 Å². The SMILES string of the molecule is C=C/C=C(/N=C/C(=C\C)C1=C(c2ccc(C#N)cc2)CC(C(=C)CCC(N)CCC)S1)N(C)C. The highest BCUT2D eigenvalue weighted by atomic mass is 32.2. The van der Waals surface area contributed by atoms with Crippen molar-refractivity contribution in [3.63, 3.8) is 0 Å². The molecule has 0 amide bonds. The predicted octanol–water partition coefficient (Wildman–Crippen LogP) is 6.84. The van der Waals surface area contributed by atoms with Crippen molar-refractivity contribution < 1.29 is 0 Å². The number of hydrogen-bond donors (Lipinski definition) is 1. The van der Waals surface area contributed by atoms with Crippen molar-refractivity contribution in [1.82, 2.24) is 4.90 Å². The molecule has 0 saturated carbocycles. The summed E-state index contributed by atoms with van der Waals surface area (Å²) in [6.45, 7) is 12.5. The molecule has 5 heteroatoms. The maximum absolute atomic E-state index is 9.21. The van der Waals surface area contributed by atoms with E-state index in [0.29, 0.717) is 10.8 Å². The first-order valence-corrected chi connectivity index (χ1v) is 12.8. The Labute approximate surface area is 210 Å². The third kappa shape index (κ3) is 7.62. The molecule has 1 aromatic carbocycles. The van der Waals surface area contributed by atoms with Gasteiger partial charge in [0.05, 0.1) is 11.6 Å². The minimum Gasteiger partial charge on any atom is -0.363 e. The van der Waals surface area contributed by atoms with Gasteiger partial charge in [0.1, 0.15) is 5.82 Å². The highest BCUT2D eigenvalue weighted by Crippen LogP contribution is 2.48. The van der Waals surface area contributed by atoms with E-state index in [1.807, 2.05) is 74.2 Å². The number of thioether (sulfide) groups is 1. The van der Waals surface area contributed by atoms with E-state index < -0.39 is 0 Å². The summed E-state index contributed by atoms with van der Waals surface area (Å²) in [6, 6.07) is 10.3. The minimum atomic E-state index is 0.234. The van der Waals surface area contributed by atoms with Gasteiger partial charge in [0.15, 0.2) is 0 Å². The van der Waals surface area contributed by atoms with Crippen molar-refractivity contribution in [2.45, 2.75) is 57.2 Å². The summed E-state index contributed by atoms with van der Waals surface area (Å²) in [4.78, 5) is 7.91. The van der Waals surface area contributed by atoms with Crippen LogP contribution in [0.4, 0.5) is 0 Å². The lowest BCUT2D eigenvalue weighted by Crippen LogP contribution is -2.20. The largest absolute Gasteiger partial charge is 0.363 e. The fraction of sp³-hybridized carbons (Fsp3) is 0.379. The van der Waals surface area contributed by atoms with E-state index in [-0.39, 0.29) is 6.04 Å². The first-order valence-electron chi connectivity index (χ1n) is 11.9. The Morgan fingerprint density at radius 1 is 1.32 bits per heavy atom. The van der Waals surface area contributed by atoms with Crippen molar-refractivity contribution in [2.75, 3.05) is 14.1 Å². The summed E-state index contributed by atoms with van der Waals surface area (Å²) in [5, 5.41) is 9.51. The van der Waals surface area contributed by atoms with Crippen LogP contribution in [0.2, 0.25) is 0 Å². The van der Waals surface area contributed by atoms with Crippen LogP contribution in [-0.4, -0.2) is 36.5 Å². The average molecular weight is 475 g/mol. The van der Waals surface area contributed by atoms with Gasteiger partial charge in [-0.25, -0.2) is 4.99 Å². The highest BCUT2D eigenvalue weighted by molar-refractivity contribution is 8.04. The summed E-state index contributed by atoms with van der Waals surface area (Å²) >= 11 is 1.86. The van der Waals surface area contributed by atoms with E-state index in [2.05, 4.69) is 32.2 Å². The minimum absolute atomic E-state index is 0.234. The molecule has 0 aromatic heterocycles. The maximum atomic E-state index is 9.21. The van der Waals surface area contributed by atoms with Gasteiger partial charge in [-0.05, 0) is 62.0 Å². The predicted molar refractivity (Wildman–Crippen MR) is 150 cm³/mol. The van der Waals surface area contributed by atoms with Crippen molar-refractivity contribution in [2.24, 2.45) is 10.7 Å². The number of nitrogens with two attached hydrogens (primary N) is 1. The molecular formula is C29H38N4S. The Morgan fingerprint density at radius 2 is 2.03 bits per heavy atom. The molecule has 180 valence electrons. The van der Waals surface area contributed by atoms with E-state index in [0.717, 1.165) is 49.1 Å². The molecule has 2 unspecified atom stereocenters. The van der Waals surface area contributed by atoms with Gasteiger partial charge in [0.25, 0.3) is 0 Å². The molecule has 1 heterocycles. The van der Waals surface area contributed by atoms with Gasteiger partial charge in [-0.15, -0.1) is 11.8 Å². The third-order valence-electron chi connectivity index (χ3n) is 5.87. The molecule has 0 saturated heterocycles. The van der Waals surface area contributed by atoms with Crippen molar-refractivity contribution in [3.8, 4) is 6.07 Å².